The quantitative estimate of drug-likeness (QED) is 0.726. The van der Waals surface area contributed by atoms with Crippen molar-refractivity contribution in [3.8, 4) is 0 Å². The highest BCUT2D eigenvalue weighted by molar-refractivity contribution is 5.85. The summed E-state index contributed by atoms with van der Waals surface area (Å²) in [6.07, 6.45) is 3.41. The Balaban J connectivity index is 0.00000324. The molecule has 1 heterocycles. The zero-order valence-electron chi connectivity index (χ0n) is 13.1. The zero-order valence-corrected chi connectivity index (χ0v) is 13.9. The van der Waals surface area contributed by atoms with Crippen LogP contribution < -0.4 is 0 Å². The second kappa shape index (κ2) is 7.49. The monoisotopic (exact) mass is 291 g/mol. The molecule has 0 bridgehead atoms. The lowest BCUT2D eigenvalue weighted by Gasteiger charge is -2.30. The Morgan fingerprint density at radius 3 is 2.11 bits per heavy atom. The van der Waals surface area contributed by atoms with Crippen molar-refractivity contribution in [3.05, 3.63) is 0 Å². The Kier molecular flexibility index (Phi) is 7.38. The lowest BCUT2D eigenvalue weighted by atomic mass is 9.76. The van der Waals surface area contributed by atoms with E-state index in [0.29, 0.717) is 6.61 Å². The molecule has 0 N–H and O–H groups in total. The standard InChI is InChI=1S/C15H29NO2.ClH/c1-14(2,3)12-15(4,5)13(17)18-11-10-16-8-6-7-9-16;/h6-12H2,1-5H3;1H. The molecule has 0 aromatic rings. The van der Waals surface area contributed by atoms with Crippen LogP contribution >= 0.6 is 12.4 Å². The number of esters is 1. The molecule has 0 unspecified atom stereocenters. The van der Waals surface area contributed by atoms with E-state index in [9.17, 15) is 4.79 Å². The van der Waals surface area contributed by atoms with Gasteiger partial charge in [0.15, 0.2) is 0 Å². The first-order chi connectivity index (χ1) is 8.21. The minimum absolute atomic E-state index is 0. The number of nitrogens with zero attached hydrogens (tertiary/aromatic N) is 1. The summed E-state index contributed by atoms with van der Waals surface area (Å²) in [7, 11) is 0. The summed E-state index contributed by atoms with van der Waals surface area (Å²) in [5.74, 6) is -0.0587. The van der Waals surface area contributed by atoms with E-state index in [0.717, 1.165) is 26.1 Å². The predicted molar refractivity (Wildman–Crippen MR) is 81.7 cm³/mol. The summed E-state index contributed by atoms with van der Waals surface area (Å²) in [4.78, 5) is 14.4. The summed E-state index contributed by atoms with van der Waals surface area (Å²) in [6, 6.07) is 0. The van der Waals surface area contributed by atoms with Gasteiger partial charge in [0, 0.05) is 6.54 Å². The van der Waals surface area contributed by atoms with Gasteiger partial charge < -0.3 is 4.74 Å². The van der Waals surface area contributed by atoms with Crippen LogP contribution in [0.1, 0.15) is 53.9 Å². The highest BCUT2D eigenvalue weighted by Crippen LogP contribution is 2.34. The van der Waals surface area contributed by atoms with Crippen molar-refractivity contribution in [3.63, 3.8) is 0 Å². The first kappa shape index (κ1) is 18.7. The normalized spacial score (nSPS) is 17.1. The molecule has 0 amide bonds. The average molecular weight is 292 g/mol. The minimum Gasteiger partial charge on any atom is -0.464 e. The maximum absolute atomic E-state index is 12.1. The van der Waals surface area contributed by atoms with Gasteiger partial charge in [-0.2, -0.15) is 0 Å². The average Bonchev–Trinajstić information content (AvgIpc) is 2.66. The van der Waals surface area contributed by atoms with Gasteiger partial charge in [0.1, 0.15) is 6.61 Å². The van der Waals surface area contributed by atoms with E-state index in [4.69, 9.17) is 4.74 Å². The summed E-state index contributed by atoms with van der Waals surface area (Å²) in [6.45, 7) is 14.2. The van der Waals surface area contributed by atoms with Crippen molar-refractivity contribution in [1.82, 2.24) is 4.90 Å². The van der Waals surface area contributed by atoms with Crippen LogP contribution in [-0.2, 0) is 9.53 Å². The van der Waals surface area contributed by atoms with Crippen LogP contribution in [0.15, 0.2) is 0 Å². The number of likely N-dealkylation sites (tertiary alicyclic amines) is 1. The second-order valence-electron chi connectivity index (χ2n) is 7.31. The molecule has 3 nitrogen and oxygen atoms in total. The van der Waals surface area contributed by atoms with Crippen molar-refractivity contribution >= 4 is 18.4 Å². The maximum Gasteiger partial charge on any atom is 0.311 e. The van der Waals surface area contributed by atoms with Gasteiger partial charge in [-0.05, 0) is 51.6 Å². The van der Waals surface area contributed by atoms with Crippen molar-refractivity contribution in [1.29, 1.82) is 0 Å². The van der Waals surface area contributed by atoms with E-state index in [2.05, 4.69) is 25.7 Å². The number of hydrogen-bond donors (Lipinski definition) is 0. The molecule has 0 radical (unpaired) electrons. The molecule has 1 aliphatic heterocycles. The molecule has 4 heteroatoms. The fourth-order valence-electron chi connectivity index (χ4n) is 2.87. The molecule has 114 valence electrons. The van der Waals surface area contributed by atoms with Gasteiger partial charge >= 0.3 is 5.97 Å². The molecule has 0 atom stereocenters. The van der Waals surface area contributed by atoms with Crippen LogP contribution in [0, 0.1) is 10.8 Å². The van der Waals surface area contributed by atoms with Gasteiger partial charge in [-0.25, -0.2) is 0 Å². The molecule has 0 aromatic carbocycles. The van der Waals surface area contributed by atoms with Gasteiger partial charge in [-0.3, -0.25) is 9.69 Å². The summed E-state index contributed by atoms with van der Waals surface area (Å²) < 4.78 is 5.43. The third-order valence-corrected chi connectivity index (χ3v) is 3.36. The molecule has 0 aromatic heterocycles. The first-order valence-corrected chi connectivity index (χ1v) is 7.10. The first-order valence-electron chi connectivity index (χ1n) is 7.10. The van der Waals surface area contributed by atoms with E-state index in [1.165, 1.54) is 12.8 Å². The highest BCUT2D eigenvalue weighted by atomic mass is 35.5. The molecule has 1 saturated heterocycles. The molecule has 1 aliphatic rings. The lowest BCUT2D eigenvalue weighted by molar-refractivity contribution is -0.156. The highest BCUT2D eigenvalue weighted by Gasteiger charge is 2.33. The van der Waals surface area contributed by atoms with Gasteiger partial charge in [0.2, 0.25) is 0 Å². The third kappa shape index (κ3) is 7.17. The Labute approximate surface area is 124 Å². The number of carbonyl (C=O) groups is 1. The Hall–Kier alpha value is -0.280. The van der Waals surface area contributed by atoms with Gasteiger partial charge in [0.05, 0.1) is 5.41 Å². The SMILES string of the molecule is CC(C)(C)CC(C)(C)C(=O)OCCN1CCCC1.Cl. The predicted octanol–water partition coefficient (Wildman–Crippen LogP) is 3.51. The largest absolute Gasteiger partial charge is 0.464 e. The fraction of sp³-hybridized carbons (Fsp3) is 0.933. The molecule has 1 fully saturated rings. The zero-order chi connectivity index (χ0) is 13.8. The van der Waals surface area contributed by atoms with E-state index in [1.54, 1.807) is 0 Å². The van der Waals surface area contributed by atoms with E-state index in [1.807, 2.05) is 13.8 Å². The topological polar surface area (TPSA) is 29.5 Å². The lowest BCUT2D eigenvalue weighted by Crippen LogP contribution is -2.33. The molecule has 0 saturated carbocycles. The van der Waals surface area contributed by atoms with Gasteiger partial charge in [-0.1, -0.05) is 20.8 Å². The van der Waals surface area contributed by atoms with Crippen LogP contribution in [0.2, 0.25) is 0 Å². The Morgan fingerprint density at radius 1 is 1.11 bits per heavy atom. The molecule has 19 heavy (non-hydrogen) atoms. The third-order valence-electron chi connectivity index (χ3n) is 3.36. The molecular formula is C15H30ClNO2. The van der Waals surface area contributed by atoms with Crippen LogP contribution in [-0.4, -0.2) is 37.1 Å². The molecular weight excluding hydrogens is 262 g/mol. The molecule has 0 aliphatic carbocycles. The van der Waals surface area contributed by atoms with Crippen molar-refractivity contribution in [2.75, 3.05) is 26.2 Å². The van der Waals surface area contributed by atoms with Crippen LogP contribution in [0.25, 0.3) is 0 Å². The maximum atomic E-state index is 12.1. The van der Waals surface area contributed by atoms with Crippen molar-refractivity contribution < 1.29 is 9.53 Å². The van der Waals surface area contributed by atoms with Crippen molar-refractivity contribution in [2.24, 2.45) is 10.8 Å². The Bertz CT molecular complexity index is 278. The van der Waals surface area contributed by atoms with Crippen LogP contribution in [0.4, 0.5) is 0 Å². The number of hydrogen-bond acceptors (Lipinski definition) is 3. The summed E-state index contributed by atoms with van der Waals surface area (Å²) in [5, 5.41) is 0. The Morgan fingerprint density at radius 2 is 1.63 bits per heavy atom. The number of ether oxygens (including phenoxy) is 1. The van der Waals surface area contributed by atoms with Crippen LogP contribution in [0.3, 0.4) is 0 Å². The van der Waals surface area contributed by atoms with Crippen molar-refractivity contribution in [2.45, 2.75) is 53.9 Å². The molecule has 0 spiro atoms. The number of rotatable bonds is 5. The second-order valence-corrected chi connectivity index (χ2v) is 7.31. The van der Waals surface area contributed by atoms with E-state index >= 15 is 0 Å². The number of halogens is 1. The number of carbonyl (C=O) groups excluding carboxylic acids is 1. The van der Waals surface area contributed by atoms with Crippen LogP contribution in [0.5, 0.6) is 0 Å². The summed E-state index contributed by atoms with van der Waals surface area (Å²) >= 11 is 0. The van der Waals surface area contributed by atoms with E-state index in [-0.39, 0.29) is 29.2 Å². The summed E-state index contributed by atoms with van der Waals surface area (Å²) in [5.41, 5.74) is -0.235. The smallest absolute Gasteiger partial charge is 0.311 e. The van der Waals surface area contributed by atoms with Gasteiger partial charge in [-0.15, -0.1) is 12.4 Å². The molecule has 1 rings (SSSR count). The minimum atomic E-state index is -0.386. The van der Waals surface area contributed by atoms with E-state index < -0.39 is 0 Å². The fourth-order valence-corrected chi connectivity index (χ4v) is 2.87. The van der Waals surface area contributed by atoms with Gasteiger partial charge in [0.25, 0.3) is 0 Å².